The van der Waals surface area contributed by atoms with E-state index in [0.29, 0.717) is 12.3 Å². The fourth-order valence-corrected chi connectivity index (χ4v) is 2.33. The highest BCUT2D eigenvalue weighted by Gasteiger charge is 2.17. The van der Waals surface area contributed by atoms with Crippen molar-refractivity contribution in [3.05, 3.63) is 42.0 Å². The summed E-state index contributed by atoms with van der Waals surface area (Å²) >= 11 is 0. The molecule has 114 valence electrons. The Morgan fingerprint density at radius 1 is 1.36 bits per heavy atom. The van der Waals surface area contributed by atoms with Crippen molar-refractivity contribution < 1.29 is 4.79 Å². The molecule has 0 spiro atoms. The van der Waals surface area contributed by atoms with Gasteiger partial charge in [-0.1, -0.05) is 0 Å². The van der Waals surface area contributed by atoms with Gasteiger partial charge in [0.25, 0.3) is 11.7 Å². The second kappa shape index (κ2) is 5.55. The fraction of sp³-hybridized carbons (Fsp3) is 0.357. The van der Waals surface area contributed by atoms with E-state index < -0.39 is 0 Å². The number of rotatable bonds is 4. The average molecular weight is 299 g/mol. The maximum atomic E-state index is 12.3. The quantitative estimate of drug-likeness (QED) is 0.774. The second-order valence-electron chi connectivity index (χ2n) is 5.27. The summed E-state index contributed by atoms with van der Waals surface area (Å²) in [7, 11) is 0. The molecule has 3 rings (SSSR count). The third-order valence-corrected chi connectivity index (χ3v) is 3.49. The molecule has 8 heteroatoms. The standard InChI is InChI=1S/C14H17N7O/c1-9-6-10(2)21-12(18-19-14(21)17-9)13(22)16-7-11(3)20-5-4-15-8-20/h4-6,8,11H,7H2,1-3H3,(H,16,22)/t11-/m1/s1. The van der Waals surface area contributed by atoms with Crippen LogP contribution in [0.2, 0.25) is 0 Å². The van der Waals surface area contributed by atoms with Crippen LogP contribution in [0.15, 0.2) is 24.8 Å². The number of nitrogens with one attached hydrogen (secondary N) is 1. The van der Waals surface area contributed by atoms with Crippen LogP contribution >= 0.6 is 0 Å². The minimum Gasteiger partial charge on any atom is -0.347 e. The van der Waals surface area contributed by atoms with Gasteiger partial charge in [0.2, 0.25) is 5.82 Å². The molecule has 22 heavy (non-hydrogen) atoms. The molecule has 0 bridgehead atoms. The molecule has 3 heterocycles. The number of aryl methyl sites for hydroxylation is 2. The Hall–Kier alpha value is -2.77. The van der Waals surface area contributed by atoms with Gasteiger partial charge in [-0.2, -0.15) is 0 Å². The molecule has 8 nitrogen and oxygen atoms in total. The Labute approximate surface area is 127 Å². The molecule has 3 aromatic rings. The van der Waals surface area contributed by atoms with E-state index in [1.807, 2.05) is 37.6 Å². The lowest BCUT2D eigenvalue weighted by molar-refractivity contribution is 0.0936. The molecule has 1 N–H and O–H groups in total. The monoisotopic (exact) mass is 299 g/mol. The summed E-state index contributed by atoms with van der Waals surface area (Å²) in [4.78, 5) is 20.6. The Bertz CT molecular complexity index is 806. The zero-order valence-electron chi connectivity index (χ0n) is 12.7. The molecule has 0 aliphatic heterocycles. The van der Waals surface area contributed by atoms with E-state index in [0.717, 1.165) is 11.4 Å². The van der Waals surface area contributed by atoms with Gasteiger partial charge in [-0.3, -0.25) is 9.20 Å². The Morgan fingerprint density at radius 2 is 2.18 bits per heavy atom. The smallest absolute Gasteiger partial charge is 0.289 e. The first-order chi connectivity index (χ1) is 10.6. The predicted molar refractivity (Wildman–Crippen MR) is 79.5 cm³/mol. The highest BCUT2D eigenvalue weighted by atomic mass is 16.2. The molecule has 0 radical (unpaired) electrons. The van der Waals surface area contributed by atoms with Gasteiger partial charge in [-0.15, -0.1) is 10.2 Å². The van der Waals surface area contributed by atoms with Gasteiger partial charge in [-0.25, -0.2) is 9.97 Å². The fourth-order valence-electron chi connectivity index (χ4n) is 2.33. The van der Waals surface area contributed by atoms with Crippen molar-refractivity contribution in [2.75, 3.05) is 6.54 Å². The van der Waals surface area contributed by atoms with Gasteiger partial charge in [0.1, 0.15) is 0 Å². The van der Waals surface area contributed by atoms with E-state index in [1.54, 1.807) is 16.9 Å². The average Bonchev–Trinajstić information content (AvgIpc) is 3.13. The van der Waals surface area contributed by atoms with Crippen LogP contribution in [0, 0.1) is 13.8 Å². The number of imidazole rings is 1. The van der Waals surface area contributed by atoms with Gasteiger partial charge in [-0.05, 0) is 26.8 Å². The number of fused-ring (bicyclic) bond motifs is 1. The predicted octanol–water partition coefficient (Wildman–Crippen LogP) is 0.929. The summed E-state index contributed by atoms with van der Waals surface area (Å²) in [5.74, 6) is 0.413. The van der Waals surface area contributed by atoms with Crippen molar-refractivity contribution in [2.24, 2.45) is 0 Å². The van der Waals surface area contributed by atoms with Gasteiger partial charge in [0.15, 0.2) is 0 Å². The SMILES string of the molecule is Cc1cc(C)n2c(C(=O)NC[C@@H](C)n3ccnc3)nnc2n1. The normalized spacial score (nSPS) is 12.5. The van der Waals surface area contributed by atoms with Crippen LogP contribution in [0.4, 0.5) is 0 Å². The van der Waals surface area contributed by atoms with E-state index in [9.17, 15) is 4.79 Å². The van der Waals surface area contributed by atoms with Gasteiger partial charge >= 0.3 is 0 Å². The summed E-state index contributed by atoms with van der Waals surface area (Å²) < 4.78 is 3.59. The van der Waals surface area contributed by atoms with Crippen LogP contribution in [0.25, 0.3) is 5.78 Å². The van der Waals surface area contributed by atoms with E-state index in [1.165, 1.54) is 0 Å². The van der Waals surface area contributed by atoms with Crippen molar-refractivity contribution in [1.82, 2.24) is 34.4 Å². The van der Waals surface area contributed by atoms with Crippen molar-refractivity contribution in [3.63, 3.8) is 0 Å². The lowest BCUT2D eigenvalue weighted by Crippen LogP contribution is -2.31. The highest BCUT2D eigenvalue weighted by molar-refractivity contribution is 5.91. The van der Waals surface area contributed by atoms with E-state index in [-0.39, 0.29) is 17.8 Å². The van der Waals surface area contributed by atoms with Gasteiger partial charge < -0.3 is 9.88 Å². The molecular weight excluding hydrogens is 282 g/mol. The molecule has 0 aromatic carbocycles. The summed E-state index contributed by atoms with van der Waals surface area (Å²) in [6.45, 7) is 6.26. The first-order valence-electron chi connectivity index (χ1n) is 7.01. The van der Waals surface area contributed by atoms with Crippen molar-refractivity contribution in [2.45, 2.75) is 26.8 Å². The van der Waals surface area contributed by atoms with E-state index >= 15 is 0 Å². The number of nitrogens with zero attached hydrogens (tertiary/aromatic N) is 6. The lowest BCUT2D eigenvalue weighted by Gasteiger charge is -2.13. The van der Waals surface area contributed by atoms with Crippen LogP contribution in [0.3, 0.4) is 0 Å². The van der Waals surface area contributed by atoms with Crippen molar-refractivity contribution in [3.8, 4) is 0 Å². The largest absolute Gasteiger partial charge is 0.347 e. The lowest BCUT2D eigenvalue weighted by atomic mass is 10.3. The first-order valence-corrected chi connectivity index (χ1v) is 7.01. The summed E-state index contributed by atoms with van der Waals surface area (Å²) in [6, 6.07) is 1.99. The zero-order chi connectivity index (χ0) is 15.7. The Morgan fingerprint density at radius 3 is 2.91 bits per heavy atom. The molecule has 0 aliphatic carbocycles. The Balaban J connectivity index is 1.78. The van der Waals surface area contributed by atoms with Crippen LogP contribution in [-0.2, 0) is 0 Å². The number of hydrogen-bond acceptors (Lipinski definition) is 5. The van der Waals surface area contributed by atoms with Gasteiger partial charge in [0, 0.05) is 36.4 Å². The topological polar surface area (TPSA) is 90.0 Å². The number of hydrogen-bond donors (Lipinski definition) is 1. The molecule has 3 aromatic heterocycles. The number of carbonyl (C=O) groups excluding carboxylic acids is 1. The van der Waals surface area contributed by atoms with Crippen molar-refractivity contribution >= 4 is 11.7 Å². The molecular formula is C14H17N7O. The second-order valence-corrected chi connectivity index (χ2v) is 5.27. The first kappa shape index (κ1) is 14.2. The zero-order valence-corrected chi connectivity index (χ0v) is 12.7. The molecule has 1 atom stereocenters. The van der Waals surface area contributed by atoms with Gasteiger partial charge in [0.05, 0.1) is 6.33 Å². The number of carbonyl (C=O) groups is 1. The number of amides is 1. The minimum atomic E-state index is -0.270. The molecule has 0 aliphatic rings. The van der Waals surface area contributed by atoms with Crippen LogP contribution in [-0.4, -0.2) is 41.6 Å². The third kappa shape index (κ3) is 2.54. The van der Waals surface area contributed by atoms with E-state index in [4.69, 9.17) is 0 Å². The molecule has 0 fully saturated rings. The van der Waals surface area contributed by atoms with Crippen LogP contribution < -0.4 is 5.32 Å². The summed E-state index contributed by atoms with van der Waals surface area (Å²) in [6.07, 6.45) is 5.29. The summed E-state index contributed by atoms with van der Waals surface area (Å²) in [5.41, 5.74) is 1.72. The molecule has 0 saturated carbocycles. The van der Waals surface area contributed by atoms with Crippen molar-refractivity contribution in [1.29, 1.82) is 0 Å². The summed E-state index contributed by atoms with van der Waals surface area (Å²) in [5, 5.41) is 10.8. The molecule has 0 unspecified atom stereocenters. The van der Waals surface area contributed by atoms with E-state index in [2.05, 4.69) is 25.5 Å². The number of aromatic nitrogens is 6. The molecule has 1 amide bonds. The maximum Gasteiger partial charge on any atom is 0.289 e. The van der Waals surface area contributed by atoms with Crippen LogP contribution in [0.1, 0.15) is 35.0 Å². The Kier molecular flexibility index (Phi) is 3.58. The highest BCUT2D eigenvalue weighted by Crippen LogP contribution is 2.08. The third-order valence-electron chi connectivity index (χ3n) is 3.49. The molecule has 0 saturated heterocycles. The van der Waals surface area contributed by atoms with Crippen LogP contribution in [0.5, 0.6) is 0 Å². The maximum absolute atomic E-state index is 12.3. The minimum absolute atomic E-state index is 0.104.